The van der Waals surface area contributed by atoms with E-state index in [4.69, 9.17) is 4.74 Å². The number of rotatable bonds is 12. The number of nitrogens with zero attached hydrogens (tertiary/aromatic N) is 4. The lowest BCUT2D eigenvalue weighted by atomic mass is 10.0. The zero-order valence-corrected chi connectivity index (χ0v) is 19.7. The van der Waals surface area contributed by atoms with Gasteiger partial charge in [-0.1, -0.05) is 63.3 Å². The number of ether oxygens (including phenoxy) is 1. The molecule has 1 fully saturated rings. The number of fused-ring (bicyclic) bond motifs is 1. The lowest BCUT2D eigenvalue weighted by molar-refractivity contribution is -0.0511. The second-order valence-corrected chi connectivity index (χ2v) is 8.96. The number of anilines is 1. The Bertz CT molecular complexity index is 1040. The van der Waals surface area contributed by atoms with E-state index in [-0.39, 0.29) is 6.61 Å². The van der Waals surface area contributed by atoms with Gasteiger partial charge in [0.25, 0.3) is 0 Å². The molecule has 4 N–H and O–H groups in total. The molecule has 9 heteroatoms. The molecule has 0 saturated carbocycles. The Morgan fingerprint density at radius 2 is 1.68 bits per heavy atom. The minimum Gasteiger partial charge on any atom is -0.394 e. The average molecular weight is 470 g/mol. The summed E-state index contributed by atoms with van der Waals surface area (Å²) in [5, 5.41) is 33.1. The number of aliphatic hydroxyl groups is 3. The van der Waals surface area contributed by atoms with Gasteiger partial charge < -0.3 is 25.4 Å². The van der Waals surface area contributed by atoms with Gasteiger partial charge in [0.05, 0.1) is 12.9 Å². The summed E-state index contributed by atoms with van der Waals surface area (Å²) in [6, 6.07) is 8.65. The first-order chi connectivity index (χ1) is 16.6. The van der Waals surface area contributed by atoms with E-state index < -0.39 is 24.5 Å². The van der Waals surface area contributed by atoms with E-state index in [1.54, 1.807) is 4.57 Å². The van der Waals surface area contributed by atoms with Crippen molar-refractivity contribution in [3.05, 3.63) is 48.0 Å². The number of nitrogens with one attached hydrogen (secondary N) is 1. The second-order valence-electron chi connectivity index (χ2n) is 8.96. The van der Waals surface area contributed by atoms with Crippen LogP contribution in [0.5, 0.6) is 0 Å². The predicted molar refractivity (Wildman–Crippen MR) is 129 cm³/mol. The number of benzene rings is 1. The molecule has 9 nitrogen and oxygen atoms in total. The molecule has 1 aliphatic rings. The van der Waals surface area contributed by atoms with Crippen LogP contribution in [0.4, 0.5) is 5.82 Å². The van der Waals surface area contributed by atoms with Crippen LogP contribution in [0.1, 0.15) is 62.8 Å². The average Bonchev–Trinajstić information content (AvgIpc) is 3.41. The Labute approximate surface area is 199 Å². The monoisotopic (exact) mass is 469 g/mol. The van der Waals surface area contributed by atoms with Crippen molar-refractivity contribution < 1.29 is 20.1 Å². The summed E-state index contributed by atoms with van der Waals surface area (Å²) in [7, 11) is 0. The maximum absolute atomic E-state index is 10.3. The van der Waals surface area contributed by atoms with Gasteiger partial charge in [-0.15, -0.1) is 0 Å². The number of unbranched alkanes of at least 4 members (excludes halogenated alkanes) is 5. The van der Waals surface area contributed by atoms with E-state index in [0.29, 0.717) is 23.5 Å². The van der Waals surface area contributed by atoms with Crippen LogP contribution in [0.2, 0.25) is 0 Å². The van der Waals surface area contributed by atoms with Crippen molar-refractivity contribution in [1.29, 1.82) is 0 Å². The van der Waals surface area contributed by atoms with Crippen LogP contribution in [-0.2, 0) is 17.7 Å². The van der Waals surface area contributed by atoms with Gasteiger partial charge in [-0.05, 0) is 24.0 Å². The van der Waals surface area contributed by atoms with Crippen molar-refractivity contribution in [1.82, 2.24) is 19.5 Å². The third kappa shape index (κ3) is 5.55. The van der Waals surface area contributed by atoms with Crippen LogP contribution in [0.25, 0.3) is 11.2 Å². The molecule has 3 heterocycles. The molecule has 34 heavy (non-hydrogen) atoms. The molecule has 0 spiro atoms. The van der Waals surface area contributed by atoms with Crippen LogP contribution in [-0.4, -0.2) is 59.8 Å². The third-order valence-electron chi connectivity index (χ3n) is 6.45. The summed E-state index contributed by atoms with van der Waals surface area (Å²) < 4.78 is 7.17. The van der Waals surface area contributed by atoms with E-state index in [1.807, 2.05) is 0 Å². The number of aromatic nitrogens is 4. The lowest BCUT2D eigenvalue weighted by Gasteiger charge is -2.16. The van der Waals surface area contributed by atoms with E-state index >= 15 is 0 Å². The molecule has 1 aliphatic heterocycles. The SMILES string of the molecule is CCCCCCCCc1ccc(CNc2ncnc3c2ncn3[C@@H]2O[C@H](CO)[C@@H](O)[C@H]2O)cc1. The topological polar surface area (TPSA) is 126 Å². The van der Waals surface area contributed by atoms with Gasteiger partial charge in [0.15, 0.2) is 23.2 Å². The first kappa shape index (κ1) is 24.5. The Balaban J connectivity index is 1.35. The minimum atomic E-state index is -1.20. The molecule has 4 rings (SSSR count). The molecule has 0 unspecified atom stereocenters. The Kier molecular flexibility index (Phi) is 8.44. The number of aliphatic hydroxyl groups excluding tert-OH is 3. The fourth-order valence-electron chi connectivity index (χ4n) is 4.40. The zero-order valence-electron chi connectivity index (χ0n) is 19.7. The summed E-state index contributed by atoms with van der Waals surface area (Å²) in [6.45, 7) is 2.44. The Hall–Kier alpha value is -2.59. The van der Waals surface area contributed by atoms with Crippen molar-refractivity contribution in [2.75, 3.05) is 11.9 Å². The quantitative estimate of drug-likeness (QED) is 0.298. The van der Waals surface area contributed by atoms with Crippen LogP contribution in [0.15, 0.2) is 36.9 Å². The molecule has 0 radical (unpaired) electrons. The summed E-state index contributed by atoms with van der Waals surface area (Å²) in [6.07, 6.45) is 7.73. The van der Waals surface area contributed by atoms with Crippen molar-refractivity contribution in [2.24, 2.45) is 0 Å². The van der Waals surface area contributed by atoms with Crippen molar-refractivity contribution >= 4 is 17.0 Å². The summed E-state index contributed by atoms with van der Waals surface area (Å²) in [4.78, 5) is 13.0. The van der Waals surface area contributed by atoms with Crippen LogP contribution >= 0.6 is 0 Å². The Morgan fingerprint density at radius 3 is 2.41 bits per heavy atom. The highest BCUT2D eigenvalue weighted by Crippen LogP contribution is 2.32. The predicted octanol–water partition coefficient (Wildman–Crippen LogP) is 2.95. The second kappa shape index (κ2) is 11.7. The van der Waals surface area contributed by atoms with Gasteiger partial charge in [-0.2, -0.15) is 0 Å². The fourth-order valence-corrected chi connectivity index (χ4v) is 4.40. The minimum absolute atomic E-state index is 0.388. The number of hydrogen-bond donors (Lipinski definition) is 4. The van der Waals surface area contributed by atoms with Crippen molar-refractivity contribution in [3.63, 3.8) is 0 Å². The van der Waals surface area contributed by atoms with E-state index in [1.165, 1.54) is 56.7 Å². The van der Waals surface area contributed by atoms with Gasteiger partial charge >= 0.3 is 0 Å². The van der Waals surface area contributed by atoms with Crippen LogP contribution in [0.3, 0.4) is 0 Å². The van der Waals surface area contributed by atoms with Crippen molar-refractivity contribution in [3.8, 4) is 0 Å². The maximum Gasteiger partial charge on any atom is 0.167 e. The molecule has 4 atom stereocenters. The summed E-state index contributed by atoms with van der Waals surface area (Å²) in [5.74, 6) is 0.576. The Morgan fingerprint density at radius 1 is 0.941 bits per heavy atom. The largest absolute Gasteiger partial charge is 0.394 e. The molecule has 2 aromatic heterocycles. The normalized spacial score (nSPS) is 22.5. The molecule has 0 aliphatic carbocycles. The molecule has 1 saturated heterocycles. The smallest absolute Gasteiger partial charge is 0.167 e. The number of aryl methyl sites for hydroxylation is 1. The molecular formula is C25H35N5O4. The standard InChI is InChI=1S/C25H35N5O4/c1-2-3-4-5-6-7-8-17-9-11-18(12-10-17)13-26-23-20-24(28-15-27-23)30(16-29-20)25-22(33)21(32)19(14-31)34-25/h9-12,15-16,19,21-22,25,31-33H,2-8,13-14H2,1H3,(H,26,27,28)/t19-,21-,22-,25-/m1/s1. The van der Waals surface area contributed by atoms with E-state index in [2.05, 4.69) is 51.5 Å². The molecular weight excluding hydrogens is 434 g/mol. The van der Waals surface area contributed by atoms with E-state index in [9.17, 15) is 15.3 Å². The number of hydrogen-bond acceptors (Lipinski definition) is 8. The molecule has 0 amide bonds. The molecule has 0 bridgehead atoms. The van der Waals surface area contributed by atoms with Crippen molar-refractivity contribution in [2.45, 2.75) is 83.0 Å². The van der Waals surface area contributed by atoms with Gasteiger partial charge in [-0.25, -0.2) is 15.0 Å². The van der Waals surface area contributed by atoms with Gasteiger partial charge in [-0.3, -0.25) is 4.57 Å². The highest BCUT2D eigenvalue weighted by molar-refractivity contribution is 5.82. The molecule has 3 aromatic rings. The summed E-state index contributed by atoms with van der Waals surface area (Å²) >= 11 is 0. The zero-order chi connectivity index (χ0) is 23.9. The maximum atomic E-state index is 10.3. The highest BCUT2D eigenvalue weighted by Gasteiger charge is 2.44. The number of imidazole rings is 1. The highest BCUT2D eigenvalue weighted by atomic mass is 16.6. The van der Waals surface area contributed by atoms with E-state index in [0.717, 1.165) is 12.0 Å². The molecule has 184 valence electrons. The first-order valence-electron chi connectivity index (χ1n) is 12.2. The van der Waals surface area contributed by atoms with Crippen LogP contribution in [0, 0.1) is 0 Å². The lowest BCUT2D eigenvalue weighted by Crippen LogP contribution is -2.33. The van der Waals surface area contributed by atoms with Gasteiger partial charge in [0.1, 0.15) is 24.6 Å². The first-order valence-corrected chi connectivity index (χ1v) is 12.2. The van der Waals surface area contributed by atoms with Crippen LogP contribution < -0.4 is 5.32 Å². The van der Waals surface area contributed by atoms with Gasteiger partial charge in [0, 0.05) is 6.54 Å². The van der Waals surface area contributed by atoms with Gasteiger partial charge in [0.2, 0.25) is 0 Å². The molecule has 1 aromatic carbocycles. The third-order valence-corrected chi connectivity index (χ3v) is 6.45. The fraction of sp³-hybridized carbons (Fsp3) is 0.560. The summed E-state index contributed by atoms with van der Waals surface area (Å²) in [5.41, 5.74) is 3.52.